The van der Waals surface area contributed by atoms with E-state index in [4.69, 9.17) is 9.84 Å². The Bertz CT molecular complexity index is 1010. The molecule has 6 nitrogen and oxygen atoms in total. The van der Waals surface area contributed by atoms with E-state index in [1.54, 1.807) is 7.11 Å². The zero-order valence-electron chi connectivity index (χ0n) is 19.4. The highest BCUT2D eigenvalue weighted by molar-refractivity contribution is 5.90. The lowest BCUT2D eigenvalue weighted by Crippen LogP contribution is -2.49. The molecule has 31 heavy (non-hydrogen) atoms. The van der Waals surface area contributed by atoms with Crippen LogP contribution in [0.2, 0.25) is 0 Å². The van der Waals surface area contributed by atoms with Crippen LogP contribution in [0, 0.1) is 19.8 Å². The second-order valence-electron chi connectivity index (χ2n) is 9.79. The Morgan fingerprint density at radius 1 is 1.26 bits per heavy atom. The monoisotopic (exact) mass is 422 g/mol. The van der Waals surface area contributed by atoms with Crippen molar-refractivity contribution in [3.63, 3.8) is 0 Å². The predicted molar refractivity (Wildman–Crippen MR) is 120 cm³/mol. The number of benzene rings is 1. The summed E-state index contributed by atoms with van der Waals surface area (Å²) in [4.78, 5) is 18.5. The van der Waals surface area contributed by atoms with Crippen LogP contribution in [0.3, 0.4) is 0 Å². The van der Waals surface area contributed by atoms with Crippen molar-refractivity contribution in [2.24, 2.45) is 5.92 Å². The van der Waals surface area contributed by atoms with Gasteiger partial charge in [-0.2, -0.15) is 5.10 Å². The zero-order chi connectivity index (χ0) is 21.9. The topological polar surface area (TPSA) is 50.6 Å². The third-order valence-corrected chi connectivity index (χ3v) is 7.88. The molecule has 3 aliphatic rings. The highest BCUT2D eigenvalue weighted by Gasteiger charge is 2.65. The summed E-state index contributed by atoms with van der Waals surface area (Å²) in [7, 11) is 1.70. The second-order valence-corrected chi connectivity index (χ2v) is 9.79. The number of carbonyl (C=O) groups excluding carboxylic acids is 1. The van der Waals surface area contributed by atoms with Gasteiger partial charge in [0.25, 0.3) is 0 Å². The van der Waals surface area contributed by atoms with Crippen molar-refractivity contribution in [2.45, 2.75) is 71.1 Å². The number of nitrogens with zero attached hydrogens (tertiary/aromatic N) is 4. The predicted octanol–water partition coefficient (Wildman–Crippen LogP) is 4.03. The van der Waals surface area contributed by atoms with Crippen molar-refractivity contribution >= 4 is 5.91 Å². The van der Waals surface area contributed by atoms with Crippen molar-refractivity contribution in [2.75, 3.05) is 20.2 Å². The number of carbonyl (C=O) groups is 1. The van der Waals surface area contributed by atoms with E-state index in [9.17, 15) is 4.79 Å². The first kappa shape index (κ1) is 20.6. The van der Waals surface area contributed by atoms with Gasteiger partial charge in [0.2, 0.25) is 5.91 Å². The van der Waals surface area contributed by atoms with Gasteiger partial charge in [-0.3, -0.25) is 14.4 Å². The maximum Gasteiger partial charge on any atom is 0.243 e. The summed E-state index contributed by atoms with van der Waals surface area (Å²) in [6.45, 7) is 11.2. The molecular weight excluding hydrogens is 388 g/mol. The number of para-hydroxylation sites is 1. The van der Waals surface area contributed by atoms with Gasteiger partial charge >= 0.3 is 0 Å². The number of amides is 1. The highest BCUT2D eigenvalue weighted by Crippen LogP contribution is 2.57. The number of ether oxygens (including phenoxy) is 1. The maximum atomic E-state index is 13.9. The van der Waals surface area contributed by atoms with Crippen LogP contribution >= 0.6 is 0 Å². The van der Waals surface area contributed by atoms with E-state index in [-0.39, 0.29) is 5.54 Å². The summed E-state index contributed by atoms with van der Waals surface area (Å²) in [5.74, 6) is 1.55. The Kier molecular flexibility index (Phi) is 4.88. The van der Waals surface area contributed by atoms with Crippen LogP contribution in [-0.2, 0) is 11.3 Å². The first-order valence-electron chi connectivity index (χ1n) is 11.6. The van der Waals surface area contributed by atoms with E-state index >= 15 is 0 Å². The molecule has 3 saturated heterocycles. The molecule has 3 aliphatic heterocycles. The van der Waals surface area contributed by atoms with Gasteiger partial charge in [0.1, 0.15) is 11.3 Å². The van der Waals surface area contributed by atoms with Gasteiger partial charge in [-0.15, -0.1) is 0 Å². The lowest BCUT2D eigenvalue weighted by Gasteiger charge is -2.34. The first-order chi connectivity index (χ1) is 14.9. The largest absolute Gasteiger partial charge is 0.496 e. The number of aromatic nitrogens is 2. The Labute approximate surface area is 185 Å². The zero-order valence-corrected chi connectivity index (χ0v) is 19.4. The molecular formula is C25H34N4O2. The molecule has 1 amide bonds. The average molecular weight is 423 g/mol. The van der Waals surface area contributed by atoms with E-state index in [1.165, 1.54) is 11.3 Å². The van der Waals surface area contributed by atoms with Crippen LogP contribution in [-0.4, -0.2) is 51.2 Å². The average Bonchev–Trinajstić information content (AvgIpc) is 3.44. The molecule has 166 valence electrons. The fraction of sp³-hybridized carbons (Fsp3) is 0.600. The number of hydrogen-bond donors (Lipinski definition) is 0. The van der Waals surface area contributed by atoms with Crippen LogP contribution in [0.25, 0.3) is 0 Å². The Hall–Kier alpha value is -2.34. The van der Waals surface area contributed by atoms with Gasteiger partial charge in [0, 0.05) is 47.9 Å². The molecule has 2 aromatic rings. The lowest BCUT2D eigenvalue weighted by atomic mass is 9.85. The molecule has 1 aromatic carbocycles. The van der Waals surface area contributed by atoms with E-state index < -0.39 is 0 Å². The SMILES string of the molecule is COc1ccccc1CN1C[C@@H]2C[C@@H](c3c(C)nn(C(C)C)c3C)N3CCC[C@@]23C1=O. The second kappa shape index (κ2) is 7.37. The third kappa shape index (κ3) is 2.87. The Morgan fingerprint density at radius 3 is 2.74 bits per heavy atom. The number of hydrogen-bond acceptors (Lipinski definition) is 4. The molecule has 4 heterocycles. The van der Waals surface area contributed by atoms with E-state index in [0.717, 1.165) is 49.4 Å². The van der Waals surface area contributed by atoms with Crippen molar-refractivity contribution in [3.05, 3.63) is 46.8 Å². The van der Waals surface area contributed by atoms with E-state index in [2.05, 4.69) is 48.2 Å². The van der Waals surface area contributed by atoms with Gasteiger partial charge in [0.15, 0.2) is 0 Å². The Morgan fingerprint density at radius 2 is 2.03 bits per heavy atom. The molecule has 0 radical (unpaired) electrons. The molecule has 1 aromatic heterocycles. The summed E-state index contributed by atoms with van der Waals surface area (Å²) >= 11 is 0. The van der Waals surface area contributed by atoms with Gasteiger partial charge in [0.05, 0.1) is 12.8 Å². The van der Waals surface area contributed by atoms with Crippen LogP contribution in [0.5, 0.6) is 5.75 Å². The molecule has 1 spiro atoms. The van der Waals surface area contributed by atoms with Crippen LogP contribution < -0.4 is 4.74 Å². The van der Waals surface area contributed by atoms with Crippen LogP contribution in [0.4, 0.5) is 0 Å². The molecule has 5 rings (SSSR count). The minimum Gasteiger partial charge on any atom is -0.496 e. The molecule has 0 N–H and O–H groups in total. The fourth-order valence-electron chi connectivity index (χ4n) is 6.69. The van der Waals surface area contributed by atoms with Gasteiger partial charge < -0.3 is 9.64 Å². The van der Waals surface area contributed by atoms with Gasteiger partial charge in [-0.1, -0.05) is 18.2 Å². The third-order valence-electron chi connectivity index (χ3n) is 7.88. The van der Waals surface area contributed by atoms with Gasteiger partial charge in [-0.25, -0.2) is 0 Å². The fourth-order valence-corrected chi connectivity index (χ4v) is 6.69. The minimum absolute atomic E-state index is 0.303. The smallest absolute Gasteiger partial charge is 0.243 e. The number of methoxy groups -OCH3 is 1. The van der Waals surface area contributed by atoms with Crippen molar-refractivity contribution < 1.29 is 9.53 Å². The molecule has 0 unspecified atom stereocenters. The number of rotatable bonds is 5. The lowest BCUT2D eigenvalue weighted by molar-refractivity contribution is -0.137. The highest BCUT2D eigenvalue weighted by atomic mass is 16.5. The normalized spacial score (nSPS) is 27.9. The van der Waals surface area contributed by atoms with Crippen molar-refractivity contribution in [3.8, 4) is 5.75 Å². The number of aryl methyl sites for hydroxylation is 1. The molecule has 0 bridgehead atoms. The summed E-state index contributed by atoms with van der Waals surface area (Å²) in [6, 6.07) is 8.70. The molecule has 3 fully saturated rings. The first-order valence-corrected chi connectivity index (χ1v) is 11.6. The van der Waals surface area contributed by atoms with Gasteiger partial charge in [-0.05, 0) is 59.6 Å². The van der Waals surface area contributed by atoms with E-state index in [0.29, 0.717) is 30.5 Å². The summed E-state index contributed by atoms with van der Waals surface area (Å²) < 4.78 is 7.69. The van der Waals surface area contributed by atoms with Crippen molar-refractivity contribution in [1.29, 1.82) is 0 Å². The number of likely N-dealkylation sites (tertiary alicyclic amines) is 1. The molecule has 6 heteroatoms. The van der Waals surface area contributed by atoms with Crippen LogP contribution in [0.1, 0.15) is 67.7 Å². The summed E-state index contributed by atoms with van der Waals surface area (Å²) in [6.07, 6.45) is 3.11. The van der Waals surface area contributed by atoms with E-state index in [1.807, 2.05) is 18.2 Å². The maximum absolute atomic E-state index is 13.9. The summed E-state index contributed by atoms with van der Waals surface area (Å²) in [5, 5.41) is 4.85. The molecule has 0 aliphatic carbocycles. The van der Waals surface area contributed by atoms with Crippen LogP contribution in [0.15, 0.2) is 24.3 Å². The standard InChI is InChI=1S/C25H34N4O2/c1-16(2)29-18(4)23(17(3)26-29)21-13-20-15-27(14-19-9-6-7-10-22(19)31-5)24(30)25(20)11-8-12-28(21)25/h6-7,9-10,16,20-21H,8,11-15H2,1-5H3/t20-,21-,25-/m0/s1. The molecule has 0 saturated carbocycles. The molecule has 3 atom stereocenters. The Balaban J connectivity index is 1.45. The summed E-state index contributed by atoms with van der Waals surface area (Å²) in [5.41, 5.74) is 4.49. The van der Waals surface area contributed by atoms with Crippen molar-refractivity contribution in [1.82, 2.24) is 19.6 Å². The minimum atomic E-state index is -0.328. The quantitative estimate of drug-likeness (QED) is 0.730.